The van der Waals surface area contributed by atoms with Crippen LogP contribution in [-0.2, 0) is 0 Å². The van der Waals surface area contributed by atoms with E-state index in [1.54, 1.807) is 18.0 Å². The lowest BCUT2D eigenvalue weighted by atomic mass is 10.2. The molecule has 7 heteroatoms. The van der Waals surface area contributed by atoms with Crippen molar-refractivity contribution in [2.75, 3.05) is 40.8 Å². The summed E-state index contributed by atoms with van der Waals surface area (Å²) in [4.78, 5) is 16.4. The van der Waals surface area contributed by atoms with Gasteiger partial charge in [0.05, 0.1) is 25.0 Å². The number of likely N-dealkylation sites (N-methyl/N-ethyl adjacent to an activating group) is 2. The van der Waals surface area contributed by atoms with E-state index in [1.807, 2.05) is 63.3 Å². The zero-order valence-corrected chi connectivity index (χ0v) is 16.3. The number of methoxy groups -OCH3 is 1. The van der Waals surface area contributed by atoms with E-state index in [4.69, 9.17) is 4.74 Å². The van der Waals surface area contributed by atoms with Gasteiger partial charge in [-0.3, -0.25) is 0 Å². The number of ether oxygens (including phenoxy) is 1. The van der Waals surface area contributed by atoms with E-state index in [-0.39, 0.29) is 12.1 Å². The molecule has 1 heterocycles. The molecule has 2 aromatic rings. The number of benzene rings is 1. The van der Waals surface area contributed by atoms with Crippen molar-refractivity contribution in [2.45, 2.75) is 19.9 Å². The average Bonchev–Trinajstić information content (AvgIpc) is 3.12. The number of rotatable bonds is 8. The molecule has 0 aliphatic heterocycles. The number of amides is 2. The minimum absolute atomic E-state index is 0.0564. The lowest BCUT2D eigenvalue weighted by molar-refractivity contribution is 0.191. The summed E-state index contributed by atoms with van der Waals surface area (Å²) in [5.41, 5.74) is 1.90. The third kappa shape index (κ3) is 5.23. The Balaban J connectivity index is 1.99. The minimum atomic E-state index is -0.122. The van der Waals surface area contributed by atoms with Crippen LogP contribution in [0.5, 0.6) is 5.75 Å². The predicted octanol–water partition coefficient (Wildman–Crippen LogP) is 2.54. The number of nitrogens with zero attached hydrogens (tertiary/aromatic N) is 4. The monoisotopic (exact) mass is 359 g/mol. The average molecular weight is 359 g/mol. The first-order valence-electron chi connectivity index (χ1n) is 8.83. The van der Waals surface area contributed by atoms with Crippen LogP contribution in [0, 0.1) is 0 Å². The summed E-state index contributed by atoms with van der Waals surface area (Å²) in [7, 11) is 5.65. The number of hydrogen-bond acceptors (Lipinski definition) is 4. The summed E-state index contributed by atoms with van der Waals surface area (Å²) < 4.78 is 6.97. The first-order chi connectivity index (χ1) is 12.4. The molecule has 0 fully saturated rings. The fraction of sp³-hybridized carbons (Fsp3) is 0.474. The second-order valence-electron chi connectivity index (χ2n) is 6.47. The van der Waals surface area contributed by atoms with Crippen LogP contribution in [0.4, 0.5) is 4.79 Å². The molecule has 1 unspecified atom stereocenters. The smallest absolute Gasteiger partial charge is 0.317 e. The number of carbonyl (C=O) groups is 1. The Bertz CT molecular complexity index is 696. The highest BCUT2D eigenvalue weighted by Crippen LogP contribution is 2.17. The molecule has 2 amide bonds. The van der Waals surface area contributed by atoms with Gasteiger partial charge in [-0.05, 0) is 52.2 Å². The number of carbonyl (C=O) groups excluding carboxylic acids is 1. The second kappa shape index (κ2) is 9.24. The number of aromatic nitrogens is 2. The molecule has 2 rings (SSSR count). The molecular formula is C19H29N5O2. The molecule has 0 aliphatic carbocycles. The molecule has 0 saturated carbocycles. The van der Waals surface area contributed by atoms with Crippen molar-refractivity contribution in [2.24, 2.45) is 0 Å². The normalized spacial score (nSPS) is 12.1. The molecule has 0 bridgehead atoms. The molecule has 1 N–H and O–H groups in total. The van der Waals surface area contributed by atoms with Gasteiger partial charge < -0.3 is 19.9 Å². The van der Waals surface area contributed by atoms with E-state index in [0.717, 1.165) is 23.5 Å². The van der Waals surface area contributed by atoms with Crippen LogP contribution in [-0.4, -0.2) is 66.5 Å². The molecule has 0 radical (unpaired) electrons. The first-order valence-corrected chi connectivity index (χ1v) is 8.83. The summed E-state index contributed by atoms with van der Waals surface area (Å²) in [6.45, 7) is 6.17. The van der Waals surface area contributed by atoms with Gasteiger partial charge in [0.25, 0.3) is 0 Å². The van der Waals surface area contributed by atoms with E-state index >= 15 is 0 Å². The van der Waals surface area contributed by atoms with E-state index in [0.29, 0.717) is 13.1 Å². The van der Waals surface area contributed by atoms with Gasteiger partial charge in [0.1, 0.15) is 5.75 Å². The standard InChI is InChI=1S/C19H29N5O2/c1-6-23(12-11-22(3)4)19(25)21-15(2)16-13-20-24(14-16)17-7-9-18(26-5)10-8-17/h7-10,13-15H,6,11-12H2,1-5H3,(H,21,25). The van der Waals surface area contributed by atoms with Crippen molar-refractivity contribution in [3.05, 3.63) is 42.2 Å². The zero-order valence-electron chi connectivity index (χ0n) is 16.3. The third-order valence-corrected chi connectivity index (χ3v) is 4.27. The molecular weight excluding hydrogens is 330 g/mol. The Hall–Kier alpha value is -2.54. The summed E-state index contributed by atoms with van der Waals surface area (Å²) in [6.07, 6.45) is 3.72. The molecule has 26 heavy (non-hydrogen) atoms. The Morgan fingerprint density at radius 1 is 1.27 bits per heavy atom. The van der Waals surface area contributed by atoms with Gasteiger partial charge >= 0.3 is 6.03 Å². The fourth-order valence-electron chi connectivity index (χ4n) is 2.52. The summed E-state index contributed by atoms with van der Waals surface area (Å²) >= 11 is 0. The Kier molecular flexibility index (Phi) is 7.03. The molecule has 1 atom stereocenters. The van der Waals surface area contributed by atoms with E-state index in [2.05, 4.69) is 15.3 Å². The van der Waals surface area contributed by atoms with Crippen molar-refractivity contribution in [1.82, 2.24) is 24.9 Å². The van der Waals surface area contributed by atoms with Crippen LogP contribution >= 0.6 is 0 Å². The number of nitrogens with one attached hydrogen (secondary N) is 1. The minimum Gasteiger partial charge on any atom is -0.497 e. The molecule has 0 aliphatic rings. The van der Waals surface area contributed by atoms with Crippen molar-refractivity contribution in [1.29, 1.82) is 0 Å². The highest BCUT2D eigenvalue weighted by molar-refractivity contribution is 5.74. The van der Waals surface area contributed by atoms with Crippen molar-refractivity contribution >= 4 is 6.03 Å². The molecule has 0 spiro atoms. The summed E-state index contributed by atoms with van der Waals surface area (Å²) in [5.74, 6) is 0.805. The van der Waals surface area contributed by atoms with Gasteiger partial charge in [0.2, 0.25) is 0 Å². The molecule has 7 nitrogen and oxygen atoms in total. The third-order valence-electron chi connectivity index (χ3n) is 4.27. The summed E-state index contributed by atoms with van der Waals surface area (Å²) in [6, 6.07) is 7.50. The van der Waals surface area contributed by atoms with Gasteiger partial charge in [0.15, 0.2) is 0 Å². The zero-order chi connectivity index (χ0) is 19.1. The number of hydrogen-bond donors (Lipinski definition) is 1. The van der Waals surface area contributed by atoms with Crippen molar-refractivity contribution in [3.63, 3.8) is 0 Å². The van der Waals surface area contributed by atoms with E-state index in [1.165, 1.54) is 0 Å². The van der Waals surface area contributed by atoms with Crippen LogP contribution in [0.15, 0.2) is 36.7 Å². The van der Waals surface area contributed by atoms with Gasteiger partial charge in [-0.2, -0.15) is 5.10 Å². The van der Waals surface area contributed by atoms with Crippen molar-refractivity contribution < 1.29 is 9.53 Å². The second-order valence-corrected chi connectivity index (χ2v) is 6.47. The molecule has 1 aromatic carbocycles. The quantitative estimate of drug-likeness (QED) is 0.787. The topological polar surface area (TPSA) is 62.6 Å². The Morgan fingerprint density at radius 2 is 1.96 bits per heavy atom. The fourth-order valence-corrected chi connectivity index (χ4v) is 2.52. The van der Waals surface area contributed by atoms with Gasteiger partial charge in [0, 0.05) is 31.4 Å². The Labute approximate surface area is 155 Å². The lowest BCUT2D eigenvalue weighted by Crippen LogP contribution is -2.43. The maximum Gasteiger partial charge on any atom is 0.317 e. The van der Waals surface area contributed by atoms with Gasteiger partial charge in [-0.15, -0.1) is 0 Å². The van der Waals surface area contributed by atoms with Crippen LogP contribution in [0.2, 0.25) is 0 Å². The van der Waals surface area contributed by atoms with Crippen LogP contribution in [0.25, 0.3) is 5.69 Å². The predicted molar refractivity (Wildman–Crippen MR) is 103 cm³/mol. The van der Waals surface area contributed by atoms with Crippen molar-refractivity contribution in [3.8, 4) is 11.4 Å². The maximum atomic E-state index is 12.5. The highest BCUT2D eigenvalue weighted by Gasteiger charge is 2.16. The lowest BCUT2D eigenvalue weighted by Gasteiger charge is -2.25. The van der Waals surface area contributed by atoms with Crippen LogP contribution in [0.3, 0.4) is 0 Å². The van der Waals surface area contributed by atoms with E-state index in [9.17, 15) is 4.79 Å². The van der Waals surface area contributed by atoms with E-state index < -0.39 is 0 Å². The van der Waals surface area contributed by atoms with Gasteiger partial charge in [-0.25, -0.2) is 9.48 Å². The highest BCUT2D eigenvalue weighted by atomic mass is 16.5. The van der Waals surface area contributed by atoms with Crippen LogP contribution < -0.4 is 10.1 Å². The van der Waals surface area contributed by atoms with Gasteiger partial charge in [-0.1, -0.05) is 0 Å². The SMILES string of the molecule is CCN(CCN(C)C)C(=O)NC(C)c1cnn(-c2ccc(OC)cc2)c1. The van der Waals surface area contributed by atoms with Crippen LogP contribution in [0.1, 0.15) is 25.5 Å². The first kappa shape index (κ1) is 19.8. The molecule has 142 valence electrons. The largest absolute Gasteiger partial charge is 0.497 e. The Morgan fingerprint density at radius 3 is 2.54 bits per heavy atom. The summed E-state index contributed by atoms with van der Waals surface area (Å²) in [5, 5.41) is 7.45. The molecule has 0 saturated heterocycles. The molecule has 1 aromatic heterocycles. The maximum absolute atomic E-state index is 12.5. The number of urea groups is 1.